The second-order valence-corrected chi connectivity index (χ2v) is 11.5. The van der Waals surface area contributed by atoms with E-state index in [0.29, 0.717) is 11.4 Å². The molecule has 0 saturated heterocycles. The Labute approximate surface area is 217 Å². The average molecular weight is 541 g/mol. The first kappa shape index (κ1) is 27.3. The van der Waals surface area contributed by atoms with Crippen LogP contribution in [0.4, 0.5) is 5.69 Å². The molecule has 0 aliphatic heterocycles. The molecule has 1 N–H and O–H groups in total. The standard InChI is InChI=1S/C25H31Cl2N3O4S/c1-3-22(25(32)28-20-8-4-5-9-20)29(16-18-12-14-19(26)15-13-18)24(31)17-30(35(2,33)34)23-11-7-6-10-21(23)27/h6-7,10-15,20,22H,3-5,8-9,16-17H2,1-2H3,(H,28,32)/t22-/m0/s1. The molecule has 1 aliphatic carbocycles. The number of amides is 2. The zero-order valence-corrected chi connectivity index (χ0v) is 22.2. The molecule has 1 fully saturated rings. The third-order valence-electron chi connectivity index (χ3n) is 6.15. The number of benzene rings is 2. The molecule has 0 heterocycles. The van der Waals surface area contributed by atoms with Crippen LogP contribution >= 0.6 is 23.2 Å². The maximum atomic E-state index is 13.7. The third-order valence-corrected chi connectivity index (χ3v) is 7.85. The number of carbonyl (C=O) groups excluding carboxylic acids is 2. The Kier molecular flexibility index (Phi) is 9.44. The number of halogens is 2. The Hall–Kier alpha value is -2.29. The summed E-state index contributed by atoms with van der Waals surface area (Å²) in [5.74, 6) is -0.732. The van der Waals surface area contributed by atoms with Crippen molar-refractivity contribution in [2.75, 3.05) is 17.1 Å². The first-order chi connectivity index (χ1) is 16.6. The molecule has 0 bridgehead atoms. The van der Waals surface area contributed by atoms with Gasteiger partial charge in [0.2, 0.25) is 21.8 Å². The summed E-state index contributed by atoms with van der Waals surface area (Å²) < 4.78 is 26.3. The van der Waals surface area contributed by atoms with Crippen LogP contribution in [0.5, 0.6) is 0 Å². The normalized spacial score (nSPS) is 15.0. The molecule has 1 aliphatic rings. The average Bonchev–Trinajstić information content (AvgIpc) is 3.31. The van der Waals surface area contributed by atoms with Crippen LogP contribution in [-0.2, 0) is 26.2 Å². The van der Waals surface area contributed by atoms with Crippen molar-refractivity contribution in [2.45, 2.75) is 57.7 Å². The minimum atomic E-state index is -3.84. The molecule has 2 aromatic carbocycles. The first-order valence-corrected chi connectivity index (χ1v) is 14.3. The first-order valence-electron chi connectivity index (χ1n) is 11.7. The number of nitrogens with zero attached hydrogens (tertiary/aromatic N) is 2. The summed E-state index contributed by atoms with van der Waals surface area (Å²) in [6.07, 6.45) is 5.37. The molecule has 1 saturated carbocycles. The topological polar surface area (TPSA) is 86.8 Å². The van der Waals surface area contributed by atoms with Crippen molar-refractivity contribution >= 4 is 50.7 Å². The smallest absolute Gasteiger partial charge is 0.244 e. The van der Waals surface area contributed by atoms with E-state index in [1.54, 1.807) is 48.5 Å². The lowest BCUT2D eigenvalue weighted by Crippen LogP contribution is -2.53. The molecular formula is C25H31Cl2N3O4S. The highest BCUT2D eigenvalue weighted by molar-refractivity contribution is 7.92. The predicted molar refractivity (Wildman–Crippen MR) is 140 cm³/mol. The molecule has 7 nitrogen and oxygen atoms in total. The number of sulfonamides is 1. The zero-order chi connectivity index (χ0) is 25.6. The van der Waals surface area contributed by atoms with Gasteiger partial charge in [0.15, 0.2) is 0 Å². The fourth-order valence-electron chi connectivity index (χ4n) is 4.32. The molecule has 2 amide bonds. The van der Waals surface area contributed by atoms with Crippen molar-refractivity contribution in [1.82, 2.24) is 10.2 Å². The van der Waals surface area contributed by atoms with Crippen molar-refractivity contribution in [3.63, 3.8) is 0 Å². The van der Waals surface area contributed by atoms with Gasteiger partial charge in [-0.2, -0.15) is 0 Å². The highest BCUT2D eigenvalue weighted by Crippen LogP contribution is 2.28. The molecule has 0 spiro atoms. The van der Waals surface area contributed by atoms with E-state index < -0.39 is 28.5 Å². The SMILES string of the molecule is CC[C@@H](C(=O)NC1CCCC1)N(Cc1ccc(Cl)cc1)C(=O)CN(c1ccccc1Cl)S(C)(=O)=O. The molecular weight excluding hydrogens is 509 g/mol. The third kappa shape index (κ3) is 7.35. The van der Waals surface area contributed by atoms with Gasteiger partial charge in [-0.25, -0.2) is 8.42 Å². The van der Waals surface area contributed by atoms with Crippen LogP contribution in [-0.4, -0.2) is 50.0 Å². The van der Waals surface area contributed by atoms with Crippen molar-refractivity contribution in [2.24, 2.45) is 0 Å². The van der Waals surface area contributed by atoms with Crippen LogP contribution in [0, 0.1) is 0 Å². The number of hydrogen-bond donors (Lipinski definition) is 1. The Bertz CT molecular complexity index is 1140. The molecule has 10 heteroatoms. The van der Waals surface area contributed by atoms with Crippen LogP contribution in [0.25, 0.3) is 0 Å². The lowest BCUT2D eigenvalue weighted by atomic mass is 10.1. The number of carbonyl (C=O) groups is 2. The van der Waals surface area contributed by atoms with Crippen LogP contribution in [0.3, 0.4) is 0 Å². The van der Waals surface area contributed by atoms with Gasteiger partial charge in [-0.1, -0.05) is 67.2 Å². The second-order valence-electron chi connectivity index (χ2n) is 8.78. The molecule has 190 valence electrons. The van der Waals surface area contributed by atoms with Gasteiger partial charge in [0.1, 0.15) is 12.6 Å². The lowest BCUT2D eigenvalue weighted by molar-refractivity contribution is -0.140. The van der Waals surface area contributed by atoms with Crippen LogP contribution in [0.15, 0.2) is 48.5 Å². The fraction of sp³-hybridized carbons (Fsp3) is 0.440. The Balaban J connectivity index is 1.92. The van der Waals surface area contributed by atoms with Crippen molar-refractivity contribution in [3.05, 3.63) is 64.1 Å². The van der Waals surface area contributed by atoms with Crippen LogP contribution < -0.4 is 9.62 Å². The van der Waals surface area contributed by atoms with E-state index in [1.807, 2.05) is 6.92 Å². The van der Waals surface area contributed by atoms with Gasteiger partial charge in [0.05, 0.1) is 17.0 Å². The lowest BCUT2D eigenvalue weighted by Gasteiger charge is -2.33. The fourth-order valence-corrected chi connectivity index (χ4v) is 5.60. The quantitative estimate of drug-likeness (QED) is 0.476. The number of para-hydroxylation sites is 1. The molecule has 0 unspecified atom stereocenters. The Morgan fingerprint density at radius 2 is 1.69 bits per heavy atom. The number of hydrogen-bond acceptors (Lipinski definition) is 4. The van der Waals surface area contributed by atoms with Gasteiger partial charge >= 0.3 is 0 Å². The highest BCUT2D eigenvalue weighted by atomic mass is 35.5. The van der Waals surface area contributed by atoms with Crippen molar-refractivity contribution in [1.29, 1.82) is 0 Å². The van der Waals surface area contributed by atoms with Gasteiger partial charge in [-0.15, -0.1) is 0 Å². The second kappa shape index (κ2) is 12.1. The van der Waals surface area contributed by atoms with E-state index in [9.17, 15) is 18.0 Å². The predicted octanol–water partition coefficient (Wildman–Crippen LogP) is 4.63. The van der Waals surface area contributed by atoms with E-state index in [-0.39, 0.29) is 29.2 Å². The van der Waals surface area contributed by atoms with Gasteiger partial charge < -0.3 is 10.2 Å². The largest absolute Gasteiger partial charge is 0.352 e. The molecule has 0 aromatic heterocycles. The maximum Gasteiger partial charge on any atom is 0.244 e. The van der Waals surface area contributed by atoms with E-state index in [2.05, 4.69) is 5.32 Å². The van der Waals surface area contributed by atoms with Gasteiger partial charge in [-0.05, 0) is 49.1 Å². The molecule has 2 aromatic rings. The zero-order valence-electron chi connectivity index (χ0n) is 19.9. The molecule has 1 atom stereocenters. The van der Waals surface area contributed by atoms with E-state index in [1.165, 1.54) is 4.90 Å². The Morgan fingerprint density at radius 1 is 1.06 bits per heavy atom. The number of anilines is 1. The minimum absolute atomic E-state index is 0.0969. The number of rotatable bonds is 10. The minimum Gasteiger partial charge on any atom is -0.352 e. The van der Waals surface area contributed by atoms with Crippen molar-refractivity contribution in [3.8, 4) is 0 Å². The Morgan fingerprint density at radius 3 is 2.26 bits per heavy atom. The van der Waals surface area contributed by atoms with Gasteiger partial charge in [0.25, 0.3) is 0 Å². The summed E-state index contributed by atoms with van der Waals surface area (Å²) in [6, 6.07) is 12.8. The summed E-state index contributed by atoms with van der Waals surface area (Å²) >= 11 is 12.3. The molecule has 35 heavy (non-hydrogen) atoms. The van der Waals surface area contributed by atoms with Crippen molar-refractivity contribution < 1.29 is 18.0 Å². The van der Waals surface area contributed by atoms with Gasteiger partial charge in [-0.3, -0.25) is 13.9 Å². The van der Waals surface area contributed by atoms with Crippen LogP contribution in [0.2, 0.25) is 10.0 Å². The summed E-state index contributed by atoms with van der Waals surface area (Å²) in [7, 11) is -3.84. The summed E-state index contributed by atoms with van der Waals surface area (Å²) in [5, 5.41) is 3.84. The summed E-state index contributed by atoms with van der Waals surface area (Å²) in [4.78, 5) is 28.4. The van der Waals surface area contributed by atoms with E-state index in [0.717, 1.165) is 41.8 Å². The maximum absolute atomic E-state index is 13.7. The van der Waals surface area contributed by atoms with E-state index in [4.69, 9.17) is 23.2 Å². The summed E-state index contributed by atoms with van der Waals surface area (Å²) in [6.45, 7) is 1.49. The highest BCUT2D eigenvalue weighted by Gasteiger charge is 2.33. The monoisotopic (exact) mass is 539 g/mol. The van der Waals surface area contributed by atoms with Crippen LogP contribution in [0.1, 0.15) is 44.6 Å². The molecule has 0 radical (unpaired) electrons. The summed E-state index contributed by atoms with van der Waals surface area (Å²) in [5.41, 5.74) is 0.985. The van der Waals surface area contributed by atoms with Gasteiger partial charge in [0, 0.05) is 17.6 Å². The van der Waals surface area contributed by atoms with E-state index >= 15 is 0 Å². The molecule has 3 rings (SSSR count). The number of nitrogens with one attached hydrogen (secondary N) is 1.